The molecule has 104 valence electrons. The van der Waals surface area contributed by atoms with Gasteiger partial charge < -0.3 is 10.0 Å². The molecule has 1 aliphatic heterocycles. The lowest BCUT2D eigenvalue weighted by molar-refractivity contribution is 0.0635. The summed E-state index contributed by atoms with van der Waals surface area (Å²) in [4.78, 5) is 14.5. The van der Waals surface area contributed by atoms with Crippen LogP contribution in [0.3, 0.4) is 0 Å². The van der Waals surface area contributed by atoms with E-state index in [4.69, 9.17) is 0 Å². The van der Waals surface area contributed by atoms with Gasteiger partial charge in [0.1, 0.15) is 5.75 Å². The highest BCUT2D eigenvalue weighted by Crippen LogP contribution is 2.28. The number of aromatic hydroxyl groups is 1. The molecule has 0 aromatic heterocycles. The summed E-state index contributed by atoms with van der Waals surface area (Å²) in [5, 5.41) is 11.8. The molecule has 20 heavy (non-hydrogen) atoms. The highest BCUT2D eigenvalue weighted by Gasteiger charge is 2.24. The van der Waals surface area contributed by atoms with Crippen molar-refractivity contribution in [2.45, 2.75) is 32.2 Å². The van der Waals surface area contributed by atoms with Gasteiger partial charge in [-0.2, -0.15) is 0 Å². The number of fused-ring (bicyclic) bond motifs is 1. The van der Waals surface area contributed by atoms with Crippen molar-refractivity contribution in [3.63, 3.8) is 0 Å². The largest absolute Gasteiger partial charge is 0.507 e. The average molecular weight is 269 g/mol. The normalized spacial score (nSPS) is 19.2. The number of nitrogens with zero attached hydrogens (tertiary/aromatic N) is 1. The van der Waals surface area contributed by atoms with Crippen molar-refractivity contribution in [2.75, 3.05) is 6.54 Å². The topological polar surface area (TPSA) is 40.5 Å². The molecule has 2 aromatic carbocycles. The van der Waals surface area contributed by atoms with Crippen LogP contribution in [-0.4, -0.2) is 28.5 Å². The average Bonchev–Trinajstić information content (AvgIpc) is 2.47. The molecule has 1 atom stereocenters. The van der Waals surface area contributed by atoms with Gasteiger partial charge in [-0.3, -0.25) is 4.79 Å². The third-order valence-corrected chi connectivity index (χ3v) is 4.15. The molecular weight excluding hydrogens is 250 g/mol. The number of piperidine rings is 1. The van der Waals surface area contributed by atoms with E-state index in [1.807, 2.05) is 35.2 Å². The number of likely N-dealkylation sites (tertiary alicyclic amines) is 1. The van der Waals surface area contributed by atoms with E-state index in [0.717, 1.165) is 30.2 Å². The quantitative estimate of drug-likeness (QED) is 0.860. The molecule has 0 bridgehead atoms. The lowest BCUT2D eigenvalue weighted by Crippen LogP contribution is -2.42. The van der Waals surface area contributed by atoms with Crippen LogP contribution in [0.2, 0.25) is 0 Å². The Morgan fingerprint density at radius 3 is 2.85 bits per heavy atom. The van der Waals surface area contributed by atoms with E-state index in [9.17, 15) is 9.90 Å². The molecule has 1 aliphatic rings. The Labute approximate surface area is 118 Å². The number of rotatable bonds is 1. The van der Waals surface area contributed by atoms with Crippen molar-refractivity contribution in [1.82, 2.24) is 4.90 Å². The van der Waals surface area contributed by atoms with Gasteiger partial charge in [0.2, 0.25) is 0 Å². The molecule has 1 fully saturated rings. The molecule has 2 aromatic rings. The number of benzene rings is 2. The van der Waals surface area contributed by atoms with Gasteiger partial charge in [-0.05, 0) is 43.7 Å². The maximum absolute atomic E-state index is 12.6. The zero-order chi connectivity index (χ0) is 14.1. The highest BCUT2D eigenvalue weighted by atomic mass is 16.3. The van der Waals surface area contributed by atoms with Crippen LogP contribution in [0.15, 0.2) is 36.4 Å². The fourth-order valence-corrected chi connectivity index (χ4v) is 2.98. The van der Waals surface area contributed by atoms with E-state index in [0.29, 0.717) is 5.56 Å². The predicted octanol–water partition coefficient (Wildman–Crippen LogP) is 3.56. The minimum absolute atomic E-state index is 0.0262. The van der Waals surface area contributed by atoms with Gasteiger partial charge in [0, 0.05) is 23.5 Å². The second kappa shape index (κ2) is 5.16. The zero-order valence-electron chi connectivity index (χ0n) is 11.7. The molecule has 1 amide bonds. The van der Waals surface area contributed by atoms with Crippen molar-refractivity contribution < 1.29 is 9.90 Å². The number of phenolic OH excluding ortho intramolecular Hbond substituents is 1. The first-order valence-electron chi connectivity index (χ1n) is 7.19. The molecule has 3 nitrogen and oxygen atoms in total. The van der Waals surface area contributed by atoms with E-state index in [-0.39, 0.29) is 17.7 Å². The van der Waals surface area contributed by atoms with Crippen LogP contribution in [-0.2, 0) is 0 Å². The molecule has 0 saturated carbocycles. The van der Waals surface area contributed by atoms with E-state index in [1.165, 1.54) is 6.42 Å². The monoisotopic (exact) mass is 269 g/mol. The third kappa shape index (κ3) is 2.24. The summed E-state index contributed by atoms with van der Waals surface area (Å²) in [5.41, 5.74) is 0.579. The molecule has 3 rings (SSSR count). The Balaban J connectivity index is 1.99. The summed E-state index contributed by atoms with van der Waals surface area (Å²) in [6.45, 7) is 2.91. The van der Waals surface area contributed by atoms with Gasteiger partial charge in [-0.1, -0.05) is 24.3 Å². The Kier molecular flexibility index (Phi) is 3.35. The first kappa shape index (κ1) is 13.0. The highest BCUT2D eigenvalue weighted by molar-refractivity contribution is 6.00. The fraction of sp³-hybridized carbons (Fsp3) is 0.353. The van der Waals surface area contributed by atoms with Crippen LogP contribution in [0, 0.1) is 0 Å². The number of carbonyl (C=O) groups excluding carboxylic acids is 1. The van der Waals surface area contributed by atoms with Gasteiger partial charge in [0.25, 0.3) is 5.91 Å². The van der Waals surface area contributed by atoms with Crippen LogP contribution in [0.1, 0.15) is 36.5 Å². The number of carbonyl (C=O) groups is 1. The van der Waals surface area contributed by atoms with E-state index >= 15 is 0 Å². The third-order valence-electron chi connectivity index (χ3n) is 4.15. The summed E-state index contributed by atoms with van der Waals surface area (Å²) >= 11 is 0. The predicted molar refractivity (Wildman–Crippen MR) is 80.0 cm³/mol. The Bertz CT molecular complexity index is 650. The summed E-state index contributed by atoms with van der Waals surface area (Å²) in [5.74, 6) is 0.203. The Hall–Kier alpha value is -2.03. The summed E-state index contributed by atoms with van der Waals surface area (Å²) in [6, 6.07) is 11.3. The van der Waals surface area contributed by atoms with Crippen LogP contribution >= 0.6 is 0 Å². The molecular formula is C17H19NO2. The SMILES string of the molecule is CC1CCCCN1C(=O)c1cc(O)c2ccccc2c1. The maximum Gasteiger partial charge on any atom is 0.254 e. The number of hydrogen-bond donors (Lipinski definition) is 1. The molecule has 0 radical (unpaired) electrons. The molecule has 1 unspecified atom stereocenters. The van der Waals surface area contributed by atoms with Crippen molar-refractivity contribution in [2.24, 2.45) is 0 Å². The summed E-state index contributed by atoms with van der Waals surface area (Å²) in [6.07, 6.45) is 3.31. The second-order valence-corrected chi connectivity index (χ2v) is 5.56. The van der Waals surface area contributed by atoms with Crippen LogP contribution in [0.25, 0.3) is 10.8 Å². The van der Waals surface area contributed by atoms with Crippen molar-refractivity contribution in [3.05, 3.63) is 42.0 Å². The zero-order valence-corrected chi connectivity index (χ0v) is 11.7. The van der Waals surface area contributed by atoms with Gasteiger partial charge in [-0.25, -0.2) is 0 Å². The smallest absolute Gasteiger partial charge is 0.254 e. The molecule has 1 N–H and O–H groups in total. The molecule has 1 heterocycles. The Morgan fingerprint density at radius 1 is 1.25 bits per heavy atom. The second-order valence-electron chi connectivity index (χ2n) is 5.56. The number of hydrogen-bond acceptors (Lipinski definition) is 2. The molecule has 3 heteroatoms. The molecule has 0 spiro atoms. The first-order chi connectivity index (χ1) is 9.66. The Morgan fingerprint density at radius 2 is 2.05 bits per heavy atom. The van der Waals surface area contributed by atoms with Crippen molar-refractivity contribution >= 4 is 16.7 Å². The first-order valence-corrected chi connectivity index (χ1v) is 7.19. The minimum Gasteiger partial charge on any atom is -0.507 e. The van der Waals surface area contributed by atoms with Crippen LogP contribution in [0.5, 0.6) is 5.75 Å². The fourth-order valence-electron chi connectivity index (χ4n) is 2.98. The summed E-state index contributed by atoms with van der Waals surface area (Å²) in [7, 11) is 0. The van der Waals surface area contributed by atoms with Gasteiger partial charge in [0.05, 0.1) is 0 Å². The lowest BCUT2D eigenvalue weighted by Gasteiger charge is -2.33. The van der Waals surface area contributed by atoms with Crippen molar-refractivity contribution in [3.8, 4) is 5.75 Å². The number of amides is 1. The van der Waals surface area contributed by atoms with E-state index in [1.54, 1.807) is 6.07 Å². The standard InChI is InChI=1S/C17H19NO2/c1-12-6-4-5-9-18(12)17(20)14-10-13-7-2-3-8-15(13)16(19)11-14/h2-3,7-8,10-12,19H,4-6,9H2,1H3. The van der Waals surface area contributed by atoms with Crippen LogP contribution in [0.4, 0.5) is 0 Å². The number of phenols is 1. The molecule has 0 aliphatic carbocycles. The van der Waals surface area contributed by atoms with Gasteiger partial charge in [-0.15, -0.1) is 0 Å². The summed E-state index contributed by atoms with van der Waals surface area (Å²) < 4.78 is 0. The van der Waals surface area contributed by atoms with Crippen LogP contribution < -0.4 is 0 Å². The molecule has 1 saturated heterocycles. The lowest BCUT2D eigenvalue weighted by atomic mass is 10.0. The van der Waals surface area contributed by atoms with Gasteiger partial charge >= 0.3 is 0 Å². The van der Waals surface area contributed by atoms with Gasteiger partial charge in [0.15, 0.2) is 0 Å². The van der Waals surface area contributed by atoms with E-state index in [2.05, 4.69) is 6.92 Å². The van der Waals surface area contributed by atoms with Crippen molar-refractivity contribution in [1.29, 1.82) is 0 Å². The minimum atomic E-state index is 0.0262. The maximum atomic E-state index is 12.6. The van der Waals surface area contributed by atoms with E-state index < -0.39 is 0 Å².